The van der Waals surface area contributed by atoms with Gasteiger partial charge in [-0.05, 0) is 0 Å². The van der Waals surface area contributed by atoms with Crippen molar-refractivity contribution in [1.82, 2.24) is 0 Å². The monoisotopic (exact) mass is 337 g/mol. The molecule has 0 N–H and O–H groups in total. The summed E-state index contributed by atoms with van der Waals surface area (Å²) in [7, 11) is 0. The third-order valence-corrected chi connectivity index (χ3v) is 0. The Morgan fingerprint density at radius 1 is 1.00 bits per heavy atom. The van der Waals surface area contributed by atoms with E-state index >= 15 is 0 Å². The van der Waals surface area contributed by atoms with Crippen molar-refractivity contribution in [2.24, 2.45) is 0 Å². The van der Waals surface area contributed by atoms with Crippen molar-refractivity contribution in [3.8, 4) is 0 Å². The summed E-state index contributed by atoms with van der Waals surface area (Å²) in [6.45, 7) is 0. The molecule has 8 heavy (non-hydrogen) atoms. The molecule has 0 unspecified atom stereocenters. The van der Waals surface area contributed by atoms with Crippen LogP contribution >= 0.6 is 0 Å². The normalized spacial score (nSPS) is 2.62. The fourth-order valence-electron chi connectivity index (χ4n) is 0. The molecular weight excluding hydrogens is 337 g/mol. The molecule has 0 aliphatic rings. The molecule has 0 bridgehead atoms. The van der Waals surface area contributed by atoms with Crippen LogP contribution in [0.2, 0.25) is 0 Å². The molecule has 0 saturated carbocycles. The minimum atomic E-state index is -4.47. The molecule has 0 aromatic heterocycles. The van der Waals surface area contributed by atoms with Gasteiger partial charge < -0.3 is 0 Å². The maximum atomic E-state index is 8.64. The Hall–Kier alpha value is 1.61. The van der Waals surface area contributed by atoms with Crippen molar-refractivity contribution in [3.05, 3.63) is 0 Å². The zero-order chi connectivity index (χ0) is 7.58. The average Bonchev–Trinajstić information content (AvgIpc) is 1.75. The average molecular weight is 338 g/mol. The van der Waals surface area contributed by atoms with E-state index in [1.54, 1.807) is 0 Å². The van der Waals surface area contributed by atoms with Gasteiger partial charge in [-0.2, -0.15) is 0 Å². The topological polar surface area (TPSA) is 85.3 Å². The van der Waals surface area contributed by atoms with Crippen molar-refractivity contribution in [1.29, 1.82) is 0 Å². The van der Waals surface area contributed by atoms with Gasteiger partial charge in [0.15, 0.2) is 0 Å². The van der Waals surface area contributed by atoms with Crippen LogP contribution in [0.15, 0.2) is 0 Å². The van der Waals surface area contributed by atoms with Gasteiger partial charge in [-0.1, -0.05) is 0 Å². The molecule has 0 aromatic carbocycles. The van der Waals surface area contributed by atoms with Crippen molar-refractivity contribution in [2.75, 3.05) is 0 Å². The zero-order valence-electron chi connectivity index (χ0n) is 3.83. The summed E-state index contributed by atoms with van der Waals surface area (Å²) < 4.78 is 42.5. The van der Waals surface area contributed by atoms with Gasteiger partial charge in [-0.25, -0.2) is 0 Å². The SMILES string of the molecule is [O]=[AlH].[O]=[La](=[O])=[O].[O]=[Zr]. The standard InChI is InChI=1S/Al.La.5O.Zr.H. The molecule has 0 radical (unpaired) electrons. The fourth-order valence-corrected chi connectivity index (χ4v) is 0. The predicted molar refractivity (Wildman–Crippen MR) is 10.6 cm³/mol. The van der Waals surface area contributed by atoms with E-state index in [0.29, 0.717) is 40.9 Å². The summed E-state index contributed by atoms with van der Waals surface area (Å²) in [5.41, 5.74) is 0. The molecule has 0 rings (SSSR count). The minimum absolute atomic E-state index is 0.300. The summed E-state index contributed by atoms with van der Waals surface area (Å²) in [5.74, 6) is 0. The third kappa shape index (κ3) is 128. The third-order valence-electron chi connectivity index (χ3n) is 0. The first-order valence-electron chi connectivity index (χ1n) is 1.20. The number of hydrogen-bond donors (Lipinski definition) is 0. The van der Waals surface area contributed by atoms with E-state index in [0.717, 1.165) is 0 Å². The Bertz CT molecular complexity index is 102. The molecule has 8 heteroatoms. The predicted octanol–water partition coefficient (Wildman–Crippen LogP) is -1.25. The van der Waals surface area contributed by atoms with Gasteiger partial charge in [0.2, 0.25) is 0 Å². The van der Waals surface area contributed by atoms with Gasteiger partial charge in [-0.15, -0.1) is 0 Å². The van der Waals surface area contributed by atoms with E-state index in [4.69, 9.17) is 11.7 Å². The molecule has 0 heterocycles. The molecular formula is HAlLaO5Zr. The van der Waals surface area contributed by atoms with Gasteiger partial charge in [0.1, 0.15) is 0 Å². The molecule has 0 amide bonds. The second-order valence-electron chi connectivity index (χ2n) is 0.289. The van der Waals surface area contributed by atoms with Gasteiger partial charge in [0, 0.05) is 0 Å². The van der Waals surface area contributed by atoms with E-state index < -0.39 is 30.2 Å². The van der Waals surface area contributed by atoms with Gasteiger partial charge in [0.25, 0.3) is 0 Å². The molecule has 0 spiro atoms. The number of hydrogen-bond acceptors (Lipinski definition) is 5. The Labute approximate surface area is 81.3 Å². The molecule has 0 aliphatic carbocycles. The van der Waals surface area contributed by atoms with Crippen LogP contribution in [0.1, 0.15) is 0 Å². The first kappa shape index (κ1) is 16.3. The van der Waals surface area contributed by atoms with E-state index in [-0.39, 0.29) is 0 Å². The second-order valence-corrected chi connectivity index (χ2v) is 2.10. The van der Waals surface area contributed by atoms with E-state index in [2.05, 4.69) is 0 Å². The van der Waals surface area contributed by atoms with Crippen molar-refractivity contribution in [2.45, 2.75) is 0 Å². The Balaban J connectivity index is -0.0000000542. The molecule has 5 nitrogen and oxygen atoms in total. The van der Waals surface area contributed by atoms with Gasteiger partial charge in [0.05, 0.1) is 0 Å². The molecule has 0 aromatic rings. The first-order chi connectivity index (χ1) is 3.73. The zero-order valence-corrected chi connectivity index (χ0v) is 11.3. The molecule has 0 fully saturated rings. The molecule has 41 valence electrons. The molecule has 0 saturated heterocycles. The van der Waals surface area contributed by atoms with Crippen LogP contribution in [0.25, 0.3) is 0 Å². The van der Waals surface area contributed by atoms with Crippen LogP contribution < -0.4 is 0 Å². The first-order valence-corrected chi connectivity index (χ1v) is 7.22. The number of rotatable bonds is 0. The van der Waals surface area contributed by atoms with Crippen molar-refractivity contribution < 1.29 is 66.7 Å². The Morgan fingerprint density at radius 2 is 1.00 bits per heavy atom. The second kappa shape index (κ2) is 23.5. The van der Waals surface area contributed by atoms with Crippen LogP contribution in [-0.2, 0) is 36.4 Å². The summed E-state index contributed by atoms with van der Waals surface area (Å²) >= 11 is -3.56. The van der Waals surface area contributed by atoms with Crippen molar-refractivity contribution >= 4 is 16.2 Å². The quantitative estimate of drug-likeness (QED) is 0.516. The Morgan fingerprint density at radius 3 is 1.00 bits per heavy atom. The molecule has 0 atom stereocenters. The Kier molecular flexibility index (Phi) is 47.8. The summed E-state index contributed by atoms with van der Waals surface area (Å²) in [6, 6.07) is 0. The molecule has 0 aliphatic heterocycles. The van der Waals surface area contributed by atoms with E-state index in [1.165, 1.54) is 0 Å². The summed E-state index contributed by atoms with van der Waals surface area (Å²) in [6.07, 6.45) is 0. The summed E-state index contributed by atoms with van der Waals surface area (Å²) in [4.78, 5) is 0. The fraction of sp³-hybridized carbons (Fsp3) is 0. The van der Waals surface area contributed by atoms with Crippen LogP contribution in [0.4, 0.5) is 0 Å². The van der Waals surface area contributed by atoms with Crippen molar-refractivity contribution in [3.63, 3.8) is 0 Å². The van der Waals surface area contributed by atoms with Crippen LogP contribution in [0.5, 0.6) is 0 Å². The van der Waals surface area contributed by atoms with Gasteiger partial charge >= 0.3 is 82.9 Å². The van der Waals surface area contributed by atoms with Crippen LogP contribution in [-0.4, -0.2) is 16.2 Å². The van der Waals surface area contributed by atoms with Crippen LogP contribution in [0.3, 0.4) is 0 Å². The van der Waals surface area contributed by atoms with Crippen LogP contribution in [0, 0.1) is 30.2 Å². The van der Waals surface area contributed by atoms with E-state index in [9.17, 15) is 0 Å². The maximum absolute atomic E-state index is 8.64. The van der Waals surface area contributed by atoms with E-state index in [1.807, 2.05) is 0 Å². The van der Waals surface area contributed by atoms with Gasteiger partial charge in [-0.3, -0.25) is 0 Å². The summed E-state index contributed by atoms with van der Waals surface area (Å²) in [5, 5.41) is 0.